The Balaban J connectivity index is 1.85. The van der Waals surface area contributed by atoms with Crippen molar-refractivity contribution < 1.29 is 9.59 Å². The van der Waals surface area contributed by atoms with E-state index in [-0.39, 0.29) is 17.9 Å². The van der Waals surface area contributed by atoms with Crippen LogP contribution in [0.4, 0.5) is 4.79 Å². The number of carbonyl (C=O) groups excluding carboxylic acids is 2. The van der Waals surface area contributed by atoms with Crippen molar-refractivity contribution >= 4 is 11.9 Å². The fourth-order valence-corrected chi connectivity index (χ4v) is 4.10. The first-order chi connectivity index (χ1) is 14.0. The summed E-state index contributed by atoms with van der Waals surface area (Å²) in [6.07, 6.45) is 1.52. The van der Waals surface area contributed by atoms with E-state index in [0.717, 1.165) is 18.5 Å². The molecule has 2 aromatic rings. The van der Waals surface area contributed by atoms with Gasteiger partial charge in [-0.3, -0.25) is 9.69 Å². The van der Waals surface area contributed by atoms with Gasteiger partial charge in [0.1, 0.15) is 5.54 Å². The van der Waals surface area contributed by atoms with Crippen LogP contribution in [-0.2, 0) is 16.9 Å². The normalized spacial score (nSPS) is 19.3. The van der Waals surface area contributed by atoms with E-state index >= 15 is 0 Å². The van der Waals surface area contributed by atoms with Gasteiger partial charge in [0, 0.05) is 6.54 Å². The van der Waals surface area contributed by atoms with Gasteiger partial charge in [-0.2, -0.15) is 0 Å². The summed E-state index contributed by atoms with van der Waals surface area (Å²) in [5.74, 6) is 0.104. The molecule has 1 fully saturated rings. The molecule has 0 aliphatic carbocycles. The maximum atomic E-state index is 13.6. The molecule has 154 valence electrons. The number of nitrogens with one attached hydrogen (secondary N) is 1. The zero-order valence-corrected chi connectivity index (χ0v) is 17.6. The molecule has 1 N–H and O–H groups in total. The van der Waals surface area contributed by atoms with Crippen molar-refractivity contribution in [3.8, 4) is 0 Å². The van der Waals surface area contributed by atoms with E-state index in [1.165, 1.54) is 10.5 Å². The SMILES string of the molecule is CCCN(Cc1ccccc1)CN1C(=O)NC(CC(C)C)(c2ccccc2)C1=O. The highest BCUT2D eigenvalue weighted by molar-refractivity contribution is 6.07. The molecular formula is C24H31N3O2. The first-order valence-electron chi connectivity index (χ1n) is 10.4. The number of nitrogens with zero attached hydrogens (tertiary/aromatic N) is 2. The van der Waals surface area contributed by atoms with Crippen LogP contribution in [0.2, 0.25) is 0 Å². The summed E-state index contributed by atoms with van der Waals surface area (Å²) in [5, 5.41) is 3.04. The maximum absolute atomic E-state index is 13.6. The van der Waals surface area contributed by atoms with Crippen LogP contribution in [0, 0.1) is 5.92 Å². The van der Waals surface area contributed by atoms with Gasteiger partial charge in [-0.15, -0.1) is 0 Å². The Labute approximate surface area is 173 Å². The molecule has 5 nitrogen and oxygen atoms in total. The van der Waals surface area contributed by atoms with Crippen LogP contribution in [0.25, 0.3) is 0 Å². The lowest BCUT2D eigenvalue weighted by Crippen LogP contribution is -2.46. The topological polar surface area (TPSA) is 52.6 Å². The van der Waals surface area contributed by atoms with Gasteiger partial charge in [-0.05, 0) is 36.4 Å². The van der Waals surface area contributed by atoms with Crippen LogP contribution in [0.15, 0.2) is 60.7 Å². The number of hydrogen-bond acceptors (Lipinski definition) is 3. The second kappa shape index (κ2) is 9.23. The molecule has 0 spiro atoms. The standard InChI is InChI=1S/C24H31N3O2/c1-4-15-26(17-20-11-7-5-8-12-20)18-27-22(28)24(16-19(2)3,25-23(27)29)21-13-9-6-10-14-21/h5-14,19H,4,15-18H2,1-3H3,(H,25,29). The van der Waals surface area contributed by atoms with Crippen LogP contribution in [0.3, 0.4) is 0 Å². The van der Waals surface area contributed by atoms with Gasteiger partial charge in [0.05, 0.1) is 6.67 Å². The third-order valence-corrected chi connectivity index (χ3v) is 5.29. The second-order valence-corrected chi connectivity index (χ2v) is 8.21. The van der Waals surface area contributed by atoms with E-state index in [0.29, 0.717) is 19.6 Å². The lowest BCUT2D eigenvalue weighted by Gasteiger charge is -2.30. The Hall–Kier alpha value is -2.66. The molecule has 1 saturated heterocycles. The highest BCUT2D eigenvalue weighted by Crippen LogP contribution is 2.35. The first-order valence-corrected chi connectivity index (χ1v) is 10.4. The lowest BCUT2D eigenvalue weighted by atomic mass is 9.82. The number of carbonyl (C=O) groups is 2. The molecule has 1 unspecified atom stereocenters. The zero-order valence-electron chi connectivity index (χ0n) is 17.6. The Morgan fingerprint density at radius 1 is 1.00 bits per heavy atom. The molecule has 1 aliphatic heterocycles. The van der Waals surface area contributed by atoms with Gasteiger partial charge in [0.2, 0.25) is 0 Å². The van der Waals surface area contributed by atoms with Gasteiger partial charge >= 0.3 is 6.03 Å². The molecule has 3 rings (SSSR count). The summed E-state index contributed by atoms with van der Waals surface area (Å²) in [5.41, 5.74) is 1.03. The Kier molecular flexibility index (Phi) is 6.70. The smallest absolute Gasteiger partial charge is 0.319 e. The molecule has 0 bridgehead atoms. The molecule has 0 radical (unpaired) electrons. The summed E-state index contributed by atoms with van der Waals surface area (Å²) in [6, 6.07) is 19.5. The molecule has 5 heteroatoms. The van der Waals surface area contributed by atoms with Crippen LogP contribution in [0.5, 0.6) is 0 Å². The summed E-state index contributed by atoms with van der Waals surface area (Å²) in [4.78, 5) is 30.0. The zero-order chi connectivity index (χ0) is 20.9. The van der Waals surface area contributed by atoms with Crippen LogP contribution < -0.4 is 5.32 Å². The number of benzene rings is 2. The summed E-state index contributed by atoms with van der Waals surface area (Å²) in [6.45, 7) is 8.07. The highest BCUT2D eigenvalue weighted by atomic mass is 16.2. The molecule has 0 saturated carbocycles. The van der Waals surface area contributed by atoms with E-state index in [4.69, 9.17) is 0 Å². The van der Waals surface area contributed by atoms with Gasteiger partial charge in [0.15, 0.2) is 0 Å². The van der Waals surface area contributed by atoms with E-state index in [1.54, 1.807) is 0 Å². The number of urea groups is 1. The molecule has 1 atom stereocenters. The number of hydrogen-bond donors (Lipinski definition) is 1. The van der Waals surface area contributed by atoms with Crippen molar-refractivity contribution in [2.75, 3.05) is 13.2 Å². The maximum Gasteiger partial charge on any atom is 0.326 e. The van der Waals surface area contributed by atoms with Gasteiger partial charge in [-0.1, -0.05) is 81.4 Å². The average Bonchev–Trinajstić information content (AvgIpc) is 2.94. The lowest BCUT2D eigenvalue weighted by molar-refractivity contribution is -0.133. The minimum Gasteiger partial charge on any atom is -0.319 e. The van der Waals surface area contributed by atoms with E-state index in [9.17, 15) is 9.59 Å². The van der Waals surface area contributed by atoms with Crippen molar-refractivity contribution in [2.45, 2.75) is 45.7 Å². The van der Waals surface area contributed by atoms with Crippen molar-refractivity contribution in [3.63, 3.8) is 0 Å². The largest absolute Gasteiger partial charge is 0.326 e. The van der Waals surface area contributed by atoms with E-state index in [1.807, 2.05) is 48.5 Å². The van der Waals surface area contributed by atoms with Crippen molar-refractivity contribution in [1.29, 1.82) is 0 Å². The minimum atomic E-state index is -0.989. The van der Waals surface area contributed by atoms with E-state index < -0.39 is 5.54 Å². The van der Waals surface area contributed by atoms with Crippen molar-refractivity contribution in [2.24, 2.45) is 5.92 Å². The molecule has 1 aliphatic rings. The number of imide groups is 1. The highest BCUT2D eigenvalue weighted by Gasteiger charge is 2.52. The first kappa shape index (κ1) is 21.1. The molecule has 29 heavy (non-hydrogen) atoms. The Morgan fingerprint density at radius 2 is 1.62 bits per heavy atom. The molecule has 0 aromatic heterocycles. The van der Waals surface area contributed by atoms with E-state index in [2.05, 4.69) is 43.1 Å². The van der Waals surface area contributed by atoms with Crippen molar-refractivity contribution in [3.05, 3.63) is 71.8 Å². The number of amides is 3. The molecule has 3 amide bonds. The quantitative estimate of drug-likeness (QED) is 0.645. The van der Waals surface area contributed by atoms with Crippen LogP contribution in [0.1, 0.15) is 44.7 Å². The Morgan fingerprint density at radius 3 is 2.21 bits per heavy atom. The third-order valence-electron chi connectivity index (χ3n) is 5.29. The summed E-state index contributed by atoms with van der Waals surface area (Å²) in [7, 11) is 0. The monoisotopic (exact) mass is 393 g/mol. The third kappa shape index (κ3) is 4.67. The van der Waals surface area contributed by atoms with Crippen molar-refractivity contribution in [1.82, 2.24) is 15.1 Å². The molecule has 2 aromatic carbocycles. The second-order valence-electron chi connectivity index (χ2n) is 8.21. The van der Waals surface area contributed by atoms with Gasteiger partial charge in [-0.25, -0.2) is 9.69 Å². The average molecular weight is 394 g/mol. The Bertz CT molecular complexity index is 823. The predicted octanol–water partition coefficient (Wildman–Crippen LogP) is 4.35. The predicted molar refractivity (Wildman–Crippen MR) is 115 cm³/mol. The summed E-state index contributed by atoms with van der Waals surface area (Å²) < 4.78 is 0. The molecular weight excluding hydrogens is 362 g/mol. The van der Waals surface area contributed by atoms with Gasteiger partial charge in [0.25, 0.3) is 5.91 Å². The van der Waals surface area contributed by atoms with Gasteiger partial charge < -0.3 is 5.32 Å². The fourth-order valence-electron chi connectivity index (χ4n) is 4.10. The summed E-state index contributed by atoms with van der Waals surface area (Å²) >= 11 is 0. The molecule has 1 heterocycles. The number of rotatable bonds is 9. The minimum absolute atomic E-state index is 0.156. The fraction of sp³-hybridized carbons (Fsp3) is 0.417. The van der Waals surface area contributed by atoms with Crippen LogP contribution in [-0.4, -0.2) is 35.0 Å². The van der Waals surface area contributed by atoms with Crippen LogP contribution >= 0.6 is 0 Å².